The second-order valence-corrected chi connectivity index (χ2v) is 4.60. The van der Waals surface area contributed by atoms with E-state index in [9.17, 15) is 0 Å². The SMILES string of the molecule is CCN[C@@H](CS)CNC(C)(C)CNC. The first kappa shape index (κ1) is 14.2. The molecule has 0 saturated carbocycles. The number of hydrogen-bond acceptors (Lipinski definition) is 4. The molecule has 0 aromatic heterocycles. The summed E-state index contributed by atoms with van der Waals surface area (Å²) in [7, 11) is 1.98. The van der Waals surface area contributed by atoms with E-state index in [1.54, 1.807) is 0 Å². The van der Waals surface area contributed by atoms with Crippen molar-refractivity contribution in [1.82, 2.24) is 16.0 Å². The zero-order valence-electron chi connectivity index (χ0n) is 9.85. The molecule has 4 heteroatoms. The summed E-state index contributed by atoms with van der Waals surface area (Å²) < 4.78 is 0. The third-order valence-corrected chi connectivity index (χ3v) is 2.60. The molecule has 3 nitrogen and oxygen atoms in total. The van der Waals surface area contributed by atoms with E-state index >= 15 is 0 Å². The first-order valence-corrected chi connectivity index (χ1v) is 5.93. The van der Waals surface area contributed by atoms with Crippen molar-refractivity contribution in [1.29, 1.82) is 0 Å². The zero-order valence-corrected chi connectivity index (χ0v) is 10.7. The summed E-state index contributed by atoms with van der Waals surface area (Å²) in [6.45, 7) is 9.45. The molecule has 3 N–H and O–H groups in total. The third-order valence-electron chi connectivity index (χ3n) is 2.16. The fourth-order valence-corrected chi connectivity index (χ4v) is 1.65. The van der Waals surface area contributed by atoms with Gasteiger partial charge in [0.25, 0.3) is 0 Å². The molecule has 14 heavy (non-hydrogen) atoms. The Kier molecular flexibility index (Phi) is 7.64. The molecule has 0 aromatic rings. The lowest BCUT2D eigenvalue weighted by molar-refractivity contribution is 0.355. The minimum absolute atomic E-state index is 0.144. The van der Waals surface area contributed by atoms with E-state index in [-0.39, 0.29) is 5.54 Å². The highest BCUT2D eigenvalue weighted by molar-refractivity contribution is 7.80. The van der Waals surface area contributed by atoms with E-state index in [0.29, 0.717) is 6.04 Å². The molecule has 0 spiro atoms. The van der Waals surface area contributed by atoms with Crippen molar-refractivity contribution < 1.29 is 0 Å². The number of nitrogens with one attached hydrogen (secondary N) is 3. The molecule has 0 bridgehead atoms. The summed E-state index contributed by atoms with van der Waals surface area (Å²) in [5.74, 6) is 0.872. The van der Waals surface area contributed by atoms with Crippen molar-refractivity contribution in [2.45, 2.75) is 32.4 Å². The van der Waals surface area contributed by atoms with E-state index < -0.39 is 0 Å². The van der Waals surface area contributed by atoms with Crippen LogP contribution in [0.4, 0.5) is 0 Å². The second-order valence-electron chi connectivity index (χ2n) is 4.23. The van der Waals surface area contributed by atoms with Crippen LogP contribution in [0.25, 0.3) is 0 Å². The number of rotatable bonds is 8. The Labute approximate surface area is 93.8 Å². The van der Waals surface area contributed by atoms with Gasteiger partial charge in [-0.2, -0.15) is 12.6 Å². The van der Waals surface area contributed by atoms with E-state index in [2.05, 4.69) is 49.4 Å². The van der Waals surface area contributed by atoms with Crippen molar-refractivity contribution in [2.75, 3.05) is 32.4 Å². The Morgan fingerprint density at radius 2 is 2.00 bits per heavy atom. The molecule has 0 aromatic carbocycles. The van der Waals surface area contributed by atoms with Crippen LogP contribution in [0.3, 0.4) is 0 Å². The molecule has 0 fully saturated rings. The summed E-state index contributed by atoms with van der Waals surface area (Å²) in [6, 6.07) is 0.458. The summed E-state index contributed by atoms with van der Waals surface area (Å²) in [6.07, 6.45) is 0. The lowest BCUT2D eigenvalue weighted by atomic mass is 10.1. The van der Waals surface area contributed by atoms with Crippen molar-refractivity contribution in [3.05, 3.63) is 0 Å². The topological polar surface area (TPSA) is 36.1 Å². The highest BCUT2D eigenvalue weighted by Crippen LogP contribution is 1.99. The van der Waals surface area contributed by atoms with Gasteiger partial charge in [0, 0.05) is 30.4 Å². The minimum atomic E-state index is 0.144. The van der Waals surface area contributed by atoms with Crippen molar-refractivity contribution in [3.63, 3.8) is 0 Å². The van der Waals surface area contributed by atoms with Gasteiger partial charge in [-0.15, -0.1) is 0 Å². The first-order valence-electron chi connectivity index (χ1n) is 5.29. The molecule has 86 valence electrons. The molecule has 0 unspecified atom stereocenters. The maximum atomic E-state index is 4.31. The Morgan fingerprint density at radius 3 is 2.43 bits per heavy atom. The van der Waals surface area contributed by atoms with Crippen LogP contribution in [0, 0.1) is 0 Å². The Bertz CT molecular complexity index is 139. The summed E-state index contributed by atoms with van der Waals surface area (Å²) in [4.78, 5) is 0. The molecule has 0 saturated heterocycles. The molecular weight excluding hydrogens is 194 g/mol. The van der Waals surface area contributed by atoms with Crippen molar-refractivity contribution in [2.24, 2.45) is 0 Å². The van der Waals surface area contributed by atoms with Gasteiger partial charge < -0.3 is 16.0 Å². The molecule has 0 aliphatic carbocycles. The number of likely N-dealkylation sites (N-methyl/N-ethyl adjacent to an activating group) is 2. The number of hydrogen-bond donors (Lipinski definition) is 4. The van der Waals surface area contributed by atoms with Gasteiger partial charge in [-0.25, -0.2) is 0 Å². The van der Waals surface area contributed by atoms with Gasteiger partial charge in [-0.3, -0.25) is 0 Å². The van der Waals surface area contributed by atoms with Crippen LogP contribution in [0.1, 0.15) is 20.8 Å². The van der Waals surface area contributed by atoms with Gasteiger partial charge in [0.05, 0.1) is 0 Å². The van der Waals surface area contributed by atoms with E-state index in [0.717, 1.165) is 25.4 Å². The zero-order chi connectivity index (χ0) is 11.0. The monoisotopic (exact) mass is 219 g/mol. The Balaban J connectivity index is 3.76. The van der Waals surface area contributed by atoms with E-state index in [1.165, 1.54) is 0 Å². The quantitative estimate of drug-likeness (QED) is 0.449. The van der Waals surface area contributed by atoms with Crippen LogP contribution in [0.5, 0.6) is 0 Å². The molecule has 1 atom stereocenters. The van der Waals surface area contributed by atoms with Gasteiger partial charge in [0.15, 0.2) is 0 Å². The molecule has 0 radical (unpaired) electrons. The normalized spacial score (nSPS) is 14.4. The Morgan fingerprint density at radius 1 is 1.36 bits per heavy atom. The van der Waals surface area contributed by atoms with Crippen LogP contribution < -0.4 is 16.0 Å². The van der Waals surface area contributed by atoms with Crippen LogP contribution in [0.15, 0.2) is 0 Å². The van der Waals surface area contributed by atoms with E-state index in [1.807, 2.05) is 7.05 Å². The third kappa shape index (κ3) is 6.65. The molecule has 0 heterocycles. The van der Waals surface area contributed by atoms with Crippen LogP contribution in [-0.2, 0) is 0 Å². The van der Waals surface area contributed by atoms with Gasteiger partial charge >= 0.3 is 0 Å². The molecule has 0 aliphatic rings. The van der Waals surface area contributed by atoms with Crippen molar-refractivity contribution in [3.8, 4) is 0 Å². The molecule has 0 rings (SSSR count). The average Bonchev–Trinajstić information content (AvgIpc) is 2.12. The molecule has 0 amide bonds. The molecular formula is C10H25N3S. The highest BCUT2D eigenvalue weighted by Gasteiger charge is 2.17. The second kappa shape index (κ2) is 7.51. The first-order chi connectivity index (χ1) is 6.55. The summed E-state index contributed by atoms with van der Waals surface area (Å²) in [5, 5.41) is 10.1. The van der Waals surface area contributed by atoms with Crippen LogP contribution in [-0.4, -0.2) is 44.0 Å². The van der Waals surface area contributed by atoms with Crippen LogP contribution in [0.2, 0.25) is 0 Å². The summed E-state index contributed by atoms with van der Waals surface area (Å²) >= 11 is 4.31. The smallest absolute Gasteiger partial charge is 0.0280 e. The Hall–Kier alpha value is 0.230. The van der Waals surface area contributed by atoms with Gasteiger partial charge in [0.2, 0.25) is 0 Å². The predicted octanol–water partition coefficient (Wildman–Crippen LogP) is 0.482. The van der Waals surface area contributed by atoms with Gasteiger partial charge in [0.1, 0.15) is 0 Å². The predicted molar refractivity (Wildman–Crippen MR) is 67.3 cm³/mol. The average molecular weight is 219 g/mol. The maximum Gasteiger partial charge on any atom is 0.0280 e. The van der Waals surface area contributed by atoms with Crippen LogP contribution >= 0.6 is 12.6 Å². The van der Waals surface area contributed by atoms with Gasteiger partial charge in [-0.1, -0.05) is 6.92 Å². The van der Waals surface area contributed by atoms with Gasteiger partial charge in [-0.05, 0) is 27.4 Å². The maximum absolute atomic E-state index is 4.31. The lowest BCUT2D eigenvalue weighted by Crippen LogP contribution is -2.52. The fraction of sp³-hybridized carbons (Fsp3) is 1.00. The largest absolute Gasteiger partial charge is 0.318 e. The van der Waals surface area contributed by atoms with Crippen molar-refractivity contribution >= 4 is 12.6 Å². The molecule has 0 aliphatic heterocycles. The minimum Gasteiger partial charge on any atom is -0.318 e. The summed E-state index contributed by atoms with van der Waals surface area (Å²) in [5.41, 5.74) is 0.144. The standard InChI is InChI=1S/C10H25N3S/c1-5-12-9(7-14)6-13-10(2,3)8-11-4/h9,11-14H,5-8H2,1-4H3/t9-/m1/s1. The lowest BCUT2D eigenvalue weighted by Gasteiger charge is -2.28. The highest BCUT2D eigenvalue weighted by atomic mass is 32.1. The fourth-order valence-electron chi connectivity index (χ4n) is 1.39. The van der Waals surface area contributed by atoms with E-state index in [4.69, 9.17) is 0 Å². The number of thiol groups is 1.